The number of halogens is 3. The van der Waals surface area contributed by atoms with E-state index in [0.717, 1.165) is 29.3 Å². The molecule has 184 valence electrons. The molecule has 2 amide bonds. The molecule has 0 saturated heterocycles. The average molecular weight is 486 g/mol. The number of nitrogens with zero attached hydrogens (tertiary/aromatic N) is 2. The van der Waals surface area contributed by atoms with Crippen LogP contribution >= 0.6 is 0 Å². The van der Waals surface area contributed by atoms with E-state index in [1.807, 2.05) is 13.8 Å². The highest BCUT2D eigenvalue weighted by Crippen LogP contribution is 2.30. The van der Waals surface area contributed by atoms with Gasteiger partial charge in [-0.3, -0.25) is 14.4 Å². The Labute approximate surface area is 200 Å². The number of rotatable bonds is 7. The van der Waals surface area contributed by atoms with E-state index in [1.54, 1.807) is 24.3 Å². The lowest BCUT2D eigenvalue weighted by atomic mass is 10.1. The first-order valence-electron chi connectivity index (χ1n) is 11.0. The minimum atomic E-state index is -4.55. The topological polar surface area (TPSA) is 93.1 Å². The lowest BCUT2D eigenvalue weighted by molar-refractivity contribution is -0.137. The highest BCUT2D eigenvalue weighted by atomic mass is 19.4. The molecule has 1 aromatic heterocycles. The van der Waals surface area contributed by atoms with E-state index in [1.165, 1.54) is 19.1 Å². The third kappa shape index (κ3) is 6.34. The fourth-order valence-electron chi connectivity index (χ4n) is 3.28. The molecule has 2 N–H and O–H groups in total. The number of carbonyl (C=O) groups excluding carboxylic acids is 2. The number of amides is 2. The van der Waals surface area contributed by atoms with Crippen molar-refractivity contribution in [2.24, 2.45) is 0 Å². The number of alkyl halides is 3. The fraction of sp³-hybridized carbons (Fsp3) is 0.280. The Hall–Kier alpha value is -3.95. The van der Waals surface area contributed by atoms with Gasteiger partial charge >= 0.3 is 6.18 Å². The summed E-state index contributed by atoms with van der Waals surface area (Å²) in [6, 6.07) is 12.3. The highest BCUT2D eigenvalue weighted by molar-refractivity contribution is 5.94. The number of aryl methyl sites for hydroxylation is 1. The van der Waals surface area contributed by atoms with E-state index < -0.39 is 28.8 Å². The van der Waals surface area contributed by atoms with Crippen molar-refractivity contribution in [2.45, 2.75) is 46.0 Å². The molecule has 3 aromatic rings. The van der Waals surface area contributed by atoms with Gasteiger partial charge in [0, 0.05) is 29.9 Å². The van der Waals surface area contributed by atoms with Crippen molar-refractivity contribution in [2.75, 3.05) is 0 Å². The van der Waals surface area contributed by atoms with Crippen LogP contribution in [0.5, 0.6) is 0 Å². The average Bonchev–Trinajstić information content (AvgIpc) is 2.82. The predicted molar refractivity (Wildman–Crippen MR) is 124 cm³/mol. The maximum Gasteiger partial charge on any atom is 0.416 e. The summed E-state index contributed by atoms with van der Waals surface area (Å²) < 4.78 is 40.4. The van der Waals surface area contributed by atoms with Gasteiger partial charge in [0.15, 0.2) is 5.69 Å². The molecule has 0 bridgehead atoms. The number of nitrogens with one attached hydrogen (secondary N) is 2. The quantitative estimate of drug-likeness (QED) is 0.528. The number of aromatic nitrogens is 2. The molecule has 1 atom stereocenters. The first-order valence-corrected chi connectivity index (χ1v) is 11.0. The second-order valence-electron chi connectivity index (χ2n) is 8.12. The molecule has 1 heterocycles. The van der Waals surface area contributed by atoms with E-state index >= 15 is 0 Å². The zero-order valence-electron chi connectivity index (χ0n) is 19.4. The largest absolute Gasteiger partial charge is 0.416 e. The monoisotopic (exact) mass is 486 g/mol. The van der Waals surface area contributed by atoms with Gasteiger partial charge in [-0.05, 0) is 56.2 Å². The van der Waals surface area contributed by atoms with Crippen molar-refractivity contribution >= 4 is 11.8 Å². The van der Waals surface area contributed by atoms with Crippen molar-refractivity contribution in [3.63, 3.8) is 0 Å². The molecule has 0 saturated carbocycles. The summed E-state index contributed by atoms with van der Waals surface area (Å²) >= 11 is 0. The van der Waals surface area contributed by atoms with Crippen molar-refractivity contribution in [3.8, 4) is 5.69 Å². The molecule has 2 aromatic carbocycles. The maximum absolute atomic E-state index is 13.1. The molecule has 0 fully saturated rings. The minimum Gasteiger partial charge on any atom is -0.350 e. The van der Waals surface area contributed by atoms with Crippen molar-refractivity contribution in [1.82, 2.24) is 20.4 Å². The third-order valence-electron chi connectivity index (χ3n) is 5.37. The van der Waals surface area contributed by atoms with Crippen LogP contribution in [0.4, 0.5) is 13.2 Å². The molecule has 0 aliphatic heterocycles. The predicted octanol–water partition coefficient (Wildman–Crippen LogP) is 4.02. The standard InChI is InChI=1S/C25H25F3N4O3/c1-4-15(2)30-23(34)18-8-5-7-17(12-18)14-29-24(35)22-21(33)11-16(3)32(31-22)20-10-6-9-19(13-20)25(26,27)28/h5-13,15H,4,14H2,1-3H3,(H,29,35)(H,30,34)/t15-/m0/s1. The van der Waals surface area contributed by atoms with Gasteiger partial charge in [0.05, 0.1) is 11.3 Å². The molecular formula is C25H25F3N4O3. The van der Waals surface area contributed by atoms with Crippen molar-refractivity contribution < 1.29 is 22.8 Å². The van der Waals surface area contributed by atoms with Crippen molar-refractivity contribution in [3.05, 3.63) is 92.9 Å². The minimum absolute atomic E-state index is 0.0115. The van der Waals surface area contributed by atoms with Crippen LogP contribution in [0.3, 0.4) is 0 Å². The molecule has 3 rings (SSSR count). The van der Waals surface area contributed by atoms with Gasteiger partial charge < -0.3 is 10.6 Å². The first kappa shape index (κ1) is 25.7. The molecule has 0 spiro atoms. The molecule has 0 aliphatic rings. The van der Waals surface area contributed by atoms with Gasteiger partial charge in [-0.1, -0.05) is 25.1 Å². The Balaban J connectivity index is 1.81. The van der Waals surface area contributed by atoms with Crippen LogP contribution in [-0.4, -0.2) is 27.6 Å². The Morgan fingerprint density at radius 2 is 1.77 bits per heavy atom. The molecular weight excluding hydrogens is 461 g/mol. The van der Waals surface area contributed by atoms with Crippen LogP contribution in [-0.2, 0) is 12.7 Å². The van der Waals surface area contributed by atoms with E-state index in [-0.39, 0.29) is 29.9 Å². The van der Waals surface area contributed by atoms with Crippen LogP contribution < -0.4 is 16.1 Å². The van der Waals surface area contributed by atoms with Gasteiger partial charge in [0.25, 0.3) is 11.8 Å². The van der Waals surface area contributed by atoms with E-state index in [9.17, 15) is 27.6 Å². The van der Waals surface area contributed by atoms with Crippen LogP contribution in [0.25, 0.3) is 5.69 Å². The van der Waals surface area contributed by atoms with E-state index in [4.69, 9.17) is 0 Å². The summed E-state index contributed by atoms with van der Waals surface area (Å²) in [7, 11) is 0. The van der Waals surface area contributed by atoms with Crippen LogP contribution in [0, 0.1) is 6.92 Å². The first-order chi connectivity index (χ1) is 16.5. The maximum atomic E-state index is 13.1. The van der Waals surface area contributed by atoms with Gasteiger partial charge in [-0.25, -0.2) is 4.68 Å². The number of benzene rings is 2. The number of hydrogen-bond donors (Lipinski definition) is 2. The molecule has 7 nitrogen and oxygen atoms in total. The fourth-order valence-corrected chi connectivity index (χ4v) is 3.28. The lowest BCUT2D eigenvalue weighted by Crippen LogP contribution is -2.32. The van der Waals surface area contributed by atoms with Gasteiger partial charge in [-0.15, -0.1) is 0 Å². The SMILES string of the molecule is CC[C@H](C)NC(=O)c1cccc(CNC(=O)c2nn(-c3cccc(C(F)(F)F)c3)c(C)cc2=O)c1. The molecule has 0 aliphatic carbocycles. The summed E-state index contributed by atoms with van der Waals surface area (Å²) in [5.41, 5.74) is -0.614. The normalized spacial score (nSPS) is 12.2. The summed E-state index contributed by atoms with van der Waals surface area (Å²) in [6.45, 7) is 5.37. The van der Waals surface area contributed by atoms with E-state index in [0.29, 0.717) is 11.1 Å². The van der Waals surface area contributed by atoms with Crippen LogP contribution in [0.1, 0.15) is 57.9 Å². The van der Waals surface area contributed by atoms with Crippen LogP contribution in [0.2, 0.25) is 0 Å². The number of carbonyl (C=O) groups is 2. The van der Waals surface area contributed by atoms with Gasteiger partial charge in [0.1, 0.15) is 0 Å². The smallest absolute Gasteiger partial charge is 0.350 e. The molecule has 35 heavy (non-hydrogen) atoms. The Kier molecular flexibility index (Phi) is 7.73. The Bertz CT molecular complexity index is 1300. The third-order valence-corrected chi connectivity index (χ3v) is 5.37. The molecule has 0 unspecified atom stereocenters. The zero-order chi connectivity index (χ0) is 25.8. The zero-order valence-corrected chi connectivity index (χ0v) is 19.4. The highest BCUT2D eigenvalue weighted by Gasteiger charge is 2.30. The summed E-state index contributed by atoms with van der Waals surface area (Å²) in [5.74, 6) is -1.03. The second-order valence-corrected chi connectivity index (χ2v) is 8.12. The lowest BCUT2D eigenvalue weighted by Gasteiger charge is -2.14. The van der Waals surface area contributed by atoms with E-state index in [2.05, 4.69) is 15.7 Å². The molecule has 10 heteroatoms. The van der Waals surface area contributed by atoms with Gasteiger partial charge in [-0.2, -0.15) is 18.3 Å². The second kappa shape index (κ2) is 10.5. The Morgan fingerprint density at radius 1 is 1.06 bits per heavy atom. The van der Waals surface area contributed by atoms with Crippen molar-refractivity contribution in [1.29, 1.82) is 0 Å². The van der Waals surface area contributed by atoms with Gasteiger partial charge in [0.2, 0.25) is 5.43 Å². The summed E-state index contributed by atoms with van der Waals surface area (Å²) in [6.07, 6.45) is -3.77. The summed E-state index contributed by atoms with van der Waals surface area (Å²) in [5, 5.41) is 9.47. The number of hydrogen-bond acceptors (Lipinski definition) is 4. The van der Waals surface area contributed by atoms with Crippen LogP contribution in [0.15, 0.2) is 59.4 Å². The summed E-state index contributed by atoms with van der Waals surface area (Å²) in [4.78, 5) is 37.5. The molecule has 0 radical (unpaired) electrons. The Morgan fingerprint density at radius 3 is 2.46 bits per heavy atom.